The SMILES string of the molecule is CC1(OCC(=O)Nc2cc(C(N)=O)ccc2F)CNC1. The van der Waals surface area contributed by atoms with E-state index in [0.29, 0.717) is 13.1 Å². The molecule has 1 saturated heterocycles. The molecule has 108 valence electrons. The molecule has 0 aliphatic carbocycles. The minimum absolute atomic E-state index is 0.0909. The topological polar surface area (TPSA) is 93.4 Å². The summed E-state index contributed by atoms with van der Waals surface area (Å²) >= 11 is 0. The van der Waals surface area contributed by atoms with E-state index in [0.717, 1.165) is 6.07 Å². The van der Waals surface area contributed by atoms with Crippen molar-refractivity contribution in [3.8, 4) is 0 Å². The molecule has 4 N–H and O–H groups in total. The molecule has 20 heavy (non-hydrogen) atoms. The number of halogens is 1. The molecule has 0 radical (unpaired) electrons. The monoisotopic (exact) mass is 281 g/mol. The number of primary amides is 1. The molecular formula is C13H16FN3O3. The van der Waals surface area contributed by atoms with Gasteiger partial charge in [-0.2, -0.15) is 0 Å². The molecule has 1 fully saturated rings. The zero-order chi connectivity index (χ0) is 14.8. The van der Waals surface area contributed by atoms with Crippen LogP contribution in [0.1, 0.15) is 17.3 Å². The van der Waals surface area contributed by atoms with Gasteiger partial charge in [0, 0.05) is 18.7 Å². The summed E-state index contributed by atoms with van der Waals surface area (Å²) in [5, 5.41) is 5.40. The zero-order valence-electron chi connectivity index (χ0n) is 11.0. The van der Waals surface area contributed by atoms with Crippen molar-refractivity contribution in [1.29, 1.82) is 0 Å². The summed E-state index contributed by atoms with van der Waals surface area (Å²) in [6.07, 6.45) is 0. The van der Waals surface area contributed by atoms with Gasteiger partial charge in [-0.3, -0.25) is 9.59 Å². The van der Waals surface area contributed by atoms with Crippen LogP contribution in [0, 0.1) is 5.82 Å². The van der Waals surface area contributed by atoms with Crippen molar-refractivity contribution in [2.45, 2.75) is 12.5 Å². The third-order valence-electron chi connectivity index (χ3n) is 3.07. The number of carbonyl (C=O) groups excluding carboxylic acids is 2. The third-order valence-corrected chi connectivity index (χ3v) is 3.07. The van der Waals surface area contributed by atoms with Gasteiger partial charge in [0.25, 0.3) is 0 Å². The van der Waals surface area contributed by atoms with E-state index in [2.05, 4.69) is 10.6 Å². The fourth-order valence-corrected chi connectivity index (χ4v) is 1.78. The molecule has 0 unspecified atom stereocenters. The van der Waals surface area contributed by atoms with Crippen LogP contribution in [-0.2, 0) is 9.53 Å². The minimum Gasteiger partial charge on any atom is -0.366 e. The third kappa shape index (κ3) is 3.31. The number of ether oxygens (including phenoxy) is 1. The van der Waals surface area contributed by atoms with Crippen molar-refractivity contribution in [3.63, 3.8) is 0 Å². The lowest BCUT2D eigenvalue weighted by atomic mass is 10.0. The number of anilines is 1. The summed E-state index contributed by atoms with van der Waals surface area (Å²) in [4.78, 5) is 22.7. The van der Waals surface area contributed by atoms with Crippen molar-refractivity contribution in [2.75, 3.05) is 25.0 Å². The van der Waals surface area contributed by atoms with E-state index in [-0.39, 0.29) is 23.5 Å². The summed E-state index contributed by atoms with van der Waals surface area (Å²) < 4.78 is 19.0. The fraction of sp³-hybridized carbons (Fsp3) is 0.385. The summed E-state index contributed by atoms with van der Waals surface area (Å²) in [6.45, 7) is 3.04. The average Bonchev–Trinajstić information content (AvgIpc) is 2.36. The van der Waals surface area contributed by atoms with Crippen LogP contribution < -0.4 is 16.4 Å². The Morgan fingerprint density at radius 2 is 2.20 bits per heavy atom. The number of carbonyl (C=O) groups is 2. The fourth-order valence-electron chi connectivity index (χ4n) is 1.78. The maximum absolute atomic E-state index is 13.5. The lowest BCUT2D eigenvalue weighted by Gasteiger charge is -2.38. The number of hydrogen-bond acceptors (Lipinski definition) is 4. The zero-order valence-corrected chi connectivity index (χ0v) is 11.0. The molecule has 1 aromatic rings. The largest absolute Gasteiger partial charge is 0.366 e. The van der Waals surface area contributed by atoms with E-state index in [4.69, 9.17) is 10.5 Å². The second-order valence-electron chi connectivity index (χ2n) is 4.95. The maximum atomic E-state index is 13.5. The Bertz CT molecular complexity index is 544. The van der Waals surface area contributed by atoms with Crippen molar-refractivity contribution in [2.24, 2.45) is 5.73 Å². The Balaban J connectivity index is 1.96. The van der Waals surface area contributed by atoms with Gasteiger partial charge in [0.05, 0.1) is 11.3 Å². The van der Waals surface area contributed by atoms with Crippen LogP contribution in [0.3, 0.4) is 0 Å². The molecule has 0 bridgehead atoms. The number of nitrogens with two attached hydrogens (primary N) is 1. The number of hydrogen-bond donors (Lipinski definition) is 3. The van der Waals surface area contributed by atoms with Crippen molar-refractivity contribution in [3.05, 3.63) is 29.6 Å². The molecule has 1 aromatic carbocycles. The van der Waals surface area contributed by atoms with E-state index in [1.165, 1.54) is 12.1 Å². The Hall–Kier alpha value is -1.99. The number of nitrogens with one attached hydrogen (secondary N) is 2. The molecule has 2 amide bonds. The van der Waals surface area contributed by atoms with Crippen LogP contribution in [0.5, 0.6) is 0 Å². The lowest BCUT2D eigenvalue weighted by Crippen LogP contribution is -2.59. The number of amides is 2. The highest BCUT2D eigenvalue weighted by Gasteiger charge is 2.33. The van der Waals surface area contributed by atoms with Crippen LogP contribution in [0.4, 0.5) is 10.1 Å². The Kier molecular flexibility index (Phi) is 4.01. The second kappa shape index (κ2) is 5.56. The van der Waals surface area contributed by atoms with Crippen LogP contribution in [-0.4, -0.2) is 37.1 Å². The summed E-state index contributed by atoms with van der Waals surface area (Å²) in [5.41, 5.74) is 4.77. The molecule has 1 heterocycles. The number of benzene rings is 1. The van der Waals surface area contributed by atoms with E-state index in [9.17, 15) is 14.0 Å². The summed E-state index contributed by atoms with van der Waals surface area (Å²) in [7, 11) is 0. The average molecular weight is 281 g/mol. The van der Waals surface area contributed by atoms with E-state index < -0.39 is 17.6 Å². The van der Waals surface area contributed by atoms with Gasteiger partial charge in [-0.05, 0) is 25.1 Å². The molecule has 1 aliphatic rings. The summed E-state index contributed by atoms with van der Waals surface area (Å²) in [6, 6.07) is 3.53. The van der Waals surface area contributed by atoms with Gasteiger partial charge in [0.15, 0.2) is 0 Å². The quantitative estimate of drug-likeness (QED) is 0.721. The van der Waals surface area contributed by atoms with Gasteiger partial charge >= 0.3 is 0 Å². The van der Waals surface area contributed by atoms with Gasteiger partial charge in [-0.1, -0.05) is 0 Å². The molecule has 2 rings (SSSR count). The highest BCUT2D eigenvalue weighted by molar-refractivity contribution is 5.96. The molecule has 0 aromatic heterocycles. The number of rotatable bonds is 5. The van der Waals surface area contributed by atoms with Gasteiger partial charge in [-0.15, -0.1) is 0 Å². The van der Waals surface area contributed by atoms with E-state index in [1.807, 2.05) is 6.92 Å². The predicted molar refractivity (Wildman–Crippen MR) is 70.8 cm³/mol. The Morgan fingerprint density at radius 1 is 1.50 bits per heavy atom. The predicted octanol–water partition coefficient (Wildman–Crippen LogP) is 0.242. The lowest BCUT2D eigenvalue weighted by molar-refractivity contribution is -0.130. The van der Waals surface area contributed by atoms with E-state index >= 15 is 0 Å². The van der Waals surface area contributed by atoms with Gasteiger partial charge in [-0.25, -0.2) is 4.39 Å². The first-order chi connectivity index (χ1) is 9.39. The molecule has 0 atom stereocenters. The standard InChI is InChI=1S/C13H16FN3O3/c1-13(6-16-7-13)20-5-11(18)17-10-4-8(12(15)19)2-3-9(10)14/h2-4,16H,5-7H2,1H3,(H2,15,19)(H,17,18). The van der Waals surface area contributed by atoms with Crippen molar-refractivity contribution in [1.82, 2.24) is 5.32 Å². The minimum atomic E-state index is -0.690. The van der Waals surface area contributed by atoms with Crippen LogP contribution in [0.25, 0.3) is 0 Å². The van der Waals surface area contributed by atoms with Crippen molar-refractivity contribution >= 4 is 17.5 Å². The molecular weight excluding hydrogens is 265 g/mol. The summed E-state index contributed by atoms with van der Waals surface area (Å²) in [5.74, 6) is -1.82. The van der Waals surface area contributed by atoms with Crippen molar-refractivity contribution < 1.29 is 18.7 Å². The van der Waals surface area contributed by atoms with Gasteiger partial charge in [0.1, 0.15) is 12.4 Å². The van der Waals surface area contributed by atoms with Crippen LogP contribution in [0.2, 0.25) is 0 Å². The first-order valence-electron chi connectivity index (χ1n) is 6.13. The Labute approximate surface area is 115 Å². The molecule has 7 heteroatoms. The van der Waals surface area contributed by atoms with Crippen LogP contribution in [0.15, 0.2) is 18.2 Å². The molecule has 1 aliphatic heterocycles. The first-order valence-corrected chi connectivity index (χ1v) is 6.13. The Morgan fingerprint density at radius 3 is 2.75 bits per heavy atom. The van der Waals surface area contributed by atoms with Gasteiger partial charge in [0.2, 0.25) is 11.8 Å². The highest BCUT2D eigenvalue weighted by atomic mass is 19.1. The highest BCUT2D eigenvalue weighted by Crippen LogP contribution is 2.17. The first kappa shape index (κ1) is 14.4. The smallest absolute Gasteiger partial charge is 0.250 e. The molecule has 6 nitrogen and oxygen atoms in total. The maximum Gasteiger partial charge on any atom is 0.250 e. The normalized spacial score (nSPS) is 16.3. The van der Waals surface area contributed by atoms with Crippen LogP contribution >= 0.6 is 0 Å². The van der Waals surface area contributed by atoms with Gasteiger partial charge < -0.3 is 21.1 Å². The molecule has 0 saturated carbocycles. The van der Waals surface area contributed by atoms with E-state index in [1.54, 1.807) is 0 Å². The second-order valence-corrected chi connectivity index (χ2v) is 4.95. The molecule has 0 spiro atoms.